The molecule has 0 fully saturated rings. The summed E-state index contributed by atoms with van der Waals surface area (Å²) in [6.07, 6.45) is -1.06. The molecule has 0 saturated carbocycles. The highest BCUT2D eigenvalue weighted by atomic mass is 35.5. The summed E-state index contributed by atoms with van der Waals surface area (Å²) in [5.41, 5.74) is 0.886. The molecular weight excluding hydrogens is 284 g/mol. The number of nitrogens with one attached hydrogen (secondary N) is 1. The zero-order chi connectivity index (χ0) is 15.1. The fourth-order valence-corrected chi connectivity index (χ4v) is 1.78. The average Bonchev–Trinajstić information content (AvgIpc) is 2.38. The van der Waals surface area contributed by atoms with Gasteiger partial charge in [-0.3, -0.25) is 0 Å². The van der Waals surface area contributed by atoms with E-state index in [0.29, 0.717) is 11.6 Å². The summed E-state index contributed by atoms with van der Waals surface area (Å²) in [6.45, 7) is 0.279. The van der Waals surface area contributed by atoms with Crippen molar-refractivity contribution in [2.75, 3.05) is 20.7 Å². The molecule has 20 heavy (non-hydrogen) atoms. The first-order valence-electron chi connectivity index (χ1n) is 5.93. The number of carbonyl (C=O) groups is 2. The van der Waals surface area contributed by atoms with E-state index in [1.165, 1.54) is 12.0 Å². The van der Waals surface area contributed by atoms with Crippen LogP contribution in [0, 0.1) is 0 Å². The summed E-state index contributed by atoms with van der Waals surface area (Å²) < 4.78 is 4.73. The van der Waals surface area contributed by atoms with Crippen molar-refractivity contribution in [2.45, 2.75) is 12.6 Å². The maximum absolute atomic E-state index is 11.8. The smallest absolute Gasteiger partial charge is 0.334 e. The van der Waals surface area contributed by atoms with Crippen LogP contribution >= 0.6 is 11.6 Å². The van der Waals surface area contributed by atoms with Crippen molar-refractivity contribution in [3.05, 3.63) is 34.9 Å². The van der Waals surface area contributed by atoms with Gasteiger partial charge in [0.05, 0.1) is 6.54 Å². The number of urea groups is 1. The summed E-state index contributed by atoms with van der Waals surface area (Å²) in [6, 6.07) is 6.79. The first-order chi connectivity index (χ1) is 9.43. The molecule has 0 aliphatic rings. The molecule has 6 nitrogen and oxygen atoms in total. The first kappa shape index (κ1) is 16.3. The molecule has 0 saturated heterocycles. The lowest BCUT2D eigenvalue weighted by molar-refractivity contribution is -0.148. The Kier molecular flexibility index (Phi) is 6.27. The minimum Gasteiger partial charge on any atom is -0.479 e. The van der Waals surface area contributed by atoms with Crippen molar-refractivity contribution in [1.29, 1.82) is 0 Å². The highest BCUT2D eigenvalue weighted by Crippen LogP contribution is 2.12. The van der Waals surface area contributed by atoms with Crippen molar-refractivity contribution < 1.29 is 19.4 Å². The lowest BCUT2D eigenvalue weighted by atomic mass is 10.2. The molecule has 0 radical (unpaired) electrons. The van der Waals surface area contributed by atoms with Gasteiger partial charge in [0, 0.05) is 25.7 Å². The number of carboxylic acid groups (broad SMARTS) is 1. The molecule has 0 aliphatic heterocycles. The van der Waals surface area contributed by atoms with Crippen molar-refractivity contribution in [3.8, 4) is 0 Å². The minimum atomic E-state index is -1.12. The van der Waals surface area contributed by atoms with E-state index in [1.807, 2.05) is 6.07 Å². The summed E-state index contributed by atoms with van der Waals surface area (Å²) >= 11 is 5.86. The number of carbonyl (C=O) groups excluding carboxylic acids is 1. The molecule has 2 N–H and O–H groups in total. The molecule has 0 bridgehead atoms. The second-order valence-corrected chi connectivity index (χ2v) is 4.67. The molecule has 0 spiro atoms. The van der Waals surface area contributed by atoms with E-state index in [-0.39, 0.29) is 12.6 Å². The molecule has 1 rings (SSSR count). The predicted octanol–water partition coefficient (Wildman–Crippen LogP) is 1.58. The third-order valence-corrected chi connectivity index (χ3v) is 2.89. The molecule has 110 valence electrons. The number of methoxy groups -OCH3 is 1. The molecule has 0 aliphatic carbocycles. The zero-order valence-electron chi connectivity index (χ0n) is 11.3. The topological polar surface area (TPSA) is 78.9 Å². The van der Waals surface area contributed by atoms with Crippen LogP contribution in [-0.4, -0.2) is 48.8 Å². The van der Waals surface area contributed by atoms with Gasteiger partial charge in [-0.15, -0.1) is 0 Å². The third-order valence-electron chi connectivity index (χ3n) is 2.65. The van der Waals surface area contributed by atoms with Crippen LogP contribution in [-0.2, 0) is 16.1 Å². The molecule has 1 unspecified atom stereocenters. The van der Waals surface area contributed by atoms with Gasteiger partial charge in [-0.25, -0.2) is 9.59 Å². The maximum atomic E-state index is 11.8. The normalized spacial score (nSPS) is 11.8. The quantitative estimate of drug-likeness (QED) is 0.836. The van der Waals surface area contributed by atoms with Gasteiger partial charge in [0.1, 0.15) is 0 Å². The fraction of sp³-hybridized carbons (Fsp3) is 0.385. The lowest BCUT2D eigenvalue weighted by Crippen LogP contribution is -2.43. The SMILES string of the molecule is COC(CNC(=O)N(C)Cc1cccc(Cl)c1)C(=O)O. The Bertz CT molecular complexity index is 481. The number of ether oxygens (including phenoxy) is 1. The van der Waals surface area contributed by atoms with Gasteiger partial charge in [0.15, 0.2) is 6.10 Å². The molecule has 1 atom stereocenters. The number of hydrogen-bond donors (Lipinski definition) is 2. The van der Waals surface area contributed by atoms with Crippen LogP contribution in [0.25, 0.3) is 0 Å². The van der Waals surface area contributed by atoms with Crippen molar-refractivity contribution in [1.82, 2.24) is 10.2 Å². The van der Waals surface area contributed by atoms with E-state index < -0.39 is 12.1 Å². The Morgan fingerprint density at radius 3 is 2.75 bits per heavy atom. The van der Waals surface area contributed by atoms with Crippen LogP contribution in [0.5, 0.6) is 0 Å². The minimum absolute atomic E-state index is 0.0927. The highest BCUT2D eigenvalue weighted by molar-refractivity contribution is 6.30. The highest BCUT2D eigenvalue weighted by Gasteiger charge is 2.18. The predicted molar refractivity (Wildman–Crippen MR) is 74.8 cm³/mol. The second-order valence-electron chi connectivity index (χ2n) is 4.23. The monoisotopic (exact) mass is 300 g/mol. The Hall–Kier alpha value is -1.79. The number of nitrogens with zero attached hydrogens (tertiary/aromatic N) is 1. The number of halogens is 1. The van der Waals surface area contributed by atoms with E-state index in [2.05, 4.69) is 5.32 Å². The van der Waals surface area contributed by atoms with Gasteiger partial charge in [-0.05, 0) is 17.7 Å². The van der Waals surface area contributed by atoms with Crippen LogP contribution in [0.4, 0.5) is 4.79 Å². The van der Waals surface area contributed by atoms with Gasteiger partial charge >= 0.3 is 12.0 Å². The summed E-state index contributed by atoms with van der Waals surface area (Å²) in [5, 5.41) is 11.9. The number of benzene rings is 1. The number of carboxylic acids is 1. The van der Waals surface area contributed by atoms with Crippen molar-refractivity contribution in [3.63, 3.8) is 0 Å². The lowest BCUT2D eigenvalue weighted by Gasteiger charge is -2.19. The number of aliphatic carboxylic acids is 1. The fourth-order valence-electron chi connectivity index (χ4n) is 1.57. The van der Waals surface area contributed by atoms with Crippen LogP contribution in [0.3, 0.4) is 0 Å². The van der Waals surface area contributed by atoms with Crippen LogP contribution < -0.4 is 5.32 Å². The van der Waals surface area contributed by atoms with Gasteiger partial charge in [-0.2, -0.15) is 0 Å². The van der Waals surface area contributed by atoms with E-state index >= 15 is 0 Å². The van der Waals surface area contributed by atoms with Crippen LogP contribution in [0.1, 0.15) is 5.56 Å². The van der Waals surface area contributed by atoms with E-state index in [0.717, 1.165) is 5.56 Å². The molecule has 0 aromatic heterocycles. The van der Waals surface area contributed by atoms with Gasteiger partial charge in [0.2, 0.25) is 0 Å². The maximum Gasteiger partial charge on any atom is 0.334 e. The van der Waals surface area contributed by atoms with Gasteiger partial charge in [0.25, 0.3) is 0 Å². The summed E-state index contributed by atoms with van der Waals surface area (Å²) in [5.74, 6) is -1.12. The molecule has 1 aromatic carbocycles. The Labute approximate surface area is 122 Å². The van der Waals surface area contributed by atoms with Crippen LogP contribution in [0.15, 0.2) is 24.3 Å². The molecule has 1 aromatic rings. The standard InChI is InChI=1S/C13H17ClN2O4/c1-16(8-9-4-3-5-10(14)6-9)13(19)15-7-11(20-2)12(17)18/h3-6,11H,7-8H2,1-2H3,(H,15,19)(H,17,18). The zero-order valence-corrected chi connectivity index (χ0v) is 12.1. The van der Waals surface area contributed by atoms with Crippen molar-refractivity contribution in [2.24, 2.45) is 0 Å². The van der Waals surface area contributed by atoms with E-state index in [4.69, 9.17) is 21.4 Å². The molecule has 0 heterocycles. The number of rotatable bonds is 6. The Morgan fingerprint density at radius 2 is 2.20 bits per heavy atom. The van der Waals surface area contributed by atoms with Gasteiger partial charge in [-0.1, -0.05) is 23.7 Å². The summed E-state index contributed by atoms with van der Waals surface area (Å²) in [7, 11) is 2.89. The molecule has 7 heteroatoms. The van der Waals surface area contributed by atoms with E-state index in [1.54, 1.807) is 25.2 Å². The largest absolute Gasteiger partial charge is 0.479 e. The van der Waals surface area contributed by atoms with Crippen LogP contribution in [0.2, 0.25) is 5.02 Å². The number of amides is 2. The average molecular weight is 301 g/mol. The summed E-state index contributed by atoms with van der Waals surface area (Å²) in [4.78, 5) is 24.0. The van der Waals surface area contributed by atoms with E-state index in [9.17, 15) is 9.59 Å². The second kappa shape index (κ2) is 7.72. The molecule has 2 amide bonds. The Morgan fingerprint density at radius 1 is 1.50 bits per heavy atom. The Balaban J connectivity index is 2.49. The van der Waals surface area contributed by atoms with Crippen molar-refractivity contribution >= 4 is 23.6 Å². The first-order valence-corrected chi connectivity index (χ1v) is 6.31. The third kappa shape index (κ3) is 5.07. The van der Waals surface area contributed by atoms with Gasteiger partial charge < -0.3 is 20.1 Å². The number of hydrogen-bond acceptors (Lipinski definition) is 3. The molecular formula is C13H17ClN2O4.